The highest BCUT2D eigenvalue weighted by atomic mass is 31.2. The minimum Gasteiger partial charge on any atom is -0.504 e. The third-order valence-electron chi connectivity index (χ3n) is 5.65. The van der Waals surface area contributed by atoms with Crippen LogP contribution >= 0.6 is 7.14 Å². The van der Waals surface area contributed by atoms with Crippen molar-refractivity contribution in [1.82, 2.24) is 15.3 Å². The van der Waals surface area contributed by atoms with Crippen LogP contribution < -0.4 is 15.0 Å². The van der Waals surface area contributed by atoms with E-state index in [0.29, 0.717) is 0 Å². The van der Waals surface area contributed by atoms with Crippen LogP contribution in [0.3, 0.4) is 0 Å². The minimum atomic E-state index is -2.48. The Balaban J connectivity index is 1.69. The number of rotatable bonds is 8. The molecule has 10 nitrogen and oxygen atoms in total. The Morgan fingerprint density at radius 3 is 2.55 bits per heavy atom. The van der Waals surface area contributed by atoms with Crippen LogP contribution in [0.5, 0.6) is 11.5 Å². The lowest BCUT2D eigenvalue weighted by Crippen LogP contribution is -2.30. The zero-order chi connectivity index (χ0) is 27.4. The highest BCUT2D eigenvalue weighted by molar-refractivity contribution is 7.62. The summed E-state index contributed by atoms with van der Waals surface area (Å²) in [5.74, 6) is -0.771. The van der Waals surface area contributed by atoms with E-state index in [9.17, 15) is 19.3 Å². The van der Waals surface area contributed by atoms with E-state index in [1.807, 2.05) is 42.5 Å². The number of hydrogen-bond acceptors (Lipinski definition) is 8. The molecule has 2 amide bonds. The number of carbonyl (C=O) groups is 2. The number of fused-ring (bicyclic) bond motifs is 2. The molecule has 0 spiro atoms. The number of aromatic nitrogens is 2. The SMILES string of the molecule is CCOC(=O)N(C)c1nc(C(=O)NCc2ccc3ccccc3c2)c(O)c2ncc(OCP(C)(C)=O)cc12. The summed E-state index contributed by atoms with van der Waals surface area (Å²) in [7, 11) is -1.04. The van der Waals surface area contributed by atoms with Gasteiger partial charge in [-0.2, -0.15) is 0 Å². The summed E-state index contributed by atoms with van der Waals surface area (Å²) >= 11 is 0. The highest BCUT2D eigenvalue weighted by Crippen LogP contribution is 2.38. The molecule has 4 rings (SSSR count). The van der Waals surface area contributed by atoms with Crippen LogP contribution in [-0.4, -0.2) is 60.4 Å². The fraction of sp³-hybridized carbons (Fsp3) is 0.259. The summed E-state index contributed by atoms with van der Waals surface area (Å²) in [5.41, 5.74) is 0.619. The van der Waals surface area contributed by atoms with E-state index in [4.69, 9.17) is 9.47 Å². The van der Waals surface area contributed by atoms with Crippen molar-refractivity contribution in [3.8, 4) is 11.5 Å². The number of nitrogens with one attached hydrogen (secondary N) is 1. The molecule has 0 fully saturated rings. The zero-order valence-electron chi connectivity index (χ0n) is 21.6. The average molecular weight is 537 g/mol. The van der Waals surface area contributed by atoms with Gasteiger partial charge in [0.05, 0.1) is 18.2 Å². The van der Waals surface area contributed by atoms with Gasteiger partial charge in [0.25, 0.3) is 5.91 Å². The number of nitrogens with zero attached hydrogens (tertiary/aromatic N) is 3. The Morgan fingerprint density at radius 2 is 1.84 bits per heavy atom. The summed E-state index contributed by atoms with van der Waals surface area (Å²) in [6, 6.07) is 15.2. The number of hydrogen-bond donors (Lipinski definition) is 2. The number of aromatic hydroxyl groups is 1. The largest absolute Gasteiger partial charge is 0.504 e. The van der Waals surface area contributed by atoms with Gasteiger partial charge in [-0.1, -0.05) is 36.4 Å². The second kappa shape index (κ2) is 11.1. The van der Waals surface area contributed by atoms with Crippen molar-refractivity contribution in [3.63, 3.8) is 0 Å². The Kier molecular flexibility index (Phi) is 7.83. The van der Waals surface area contributed by atoms with Crippen LogP contribution in [0.1, 0.15) is 23.0 Å². The molecule has 0 aliphatic heterocycles. The molecule has 0 bridgehead atoms. The first-order chi connectivity index (χ1) is 18.1. The fourth-order valence-electron chi connectivity index (χ4n) is 3.78. The molecule has 0 unspecified atom stereocenters. The molecule has 38 heavy (non-hydrogen) atoms. The lowest BCUT2D eigenvalue weighted by atomic mass is 10.1. The molecule has 0 saturated carbocycles. The van der Waals surface area contributed by atoms with Crippen molar-refractivity contribution in [3.05, 3.63) is 66.0 Å². The topological polar surface area (TPSA) is 131 Å². The summed E-state index contributed by atoms with van der Waals surface area (Å²) in [6.07, 6.45) is 0.632. The van der Waals surface area contributed by atoms with Crippen LogP contribution in [-0.2, 0) is 15.8 Å². The number of ether oxygens (including phenoxy) is 2. The minimum absolute atomic E-state index is 0.0160. The molecule has 0 aliphatic carbocycles. The van der Waals surface area contributed by atoms with Crippen LogP contribution in [0.25, 0.3) is 21.7 Å². The van der Waals surface area contributed by atoms with Gasteiger partial charge in [0, 0.05) is 13.6 Å². The van der Waals surface area contributed by atoms with E-state index < -0.39 is 24.9 Å². The maximum Gasteiger partial charge on any atom is 0.415 e. The standard InChI is InChI=1S/C27H29N4O6P/c1-5-36-27(34)31(2)25-21-13-20(37-16-38(3,4)35)15-28-22(21)24(32)23(30-25)26(33)29-14-17-10-11-18-8-6-7-9-19(18)12-17/h6-13,15,32H,5,14,16H2,1-4H3,(H,29,33). The summed E-state index contributed by atoms with van der Waals surface area (Å²) < 4.78 is 22.8. The van der Waals surface area contributed by atoms with E-state index in [1.54, 1.807) is 20.3 Å². The molecule has 11 heteroatoms. The molecule has 0 atom stereocenters. The van der Waals surface area contributed by atoms with Gasteiger partial charge < -0.3 is 24.5 Å². The molecule has 0 saturated heterocycles. The number of amides is 2. The second-order valence-corrected chi connectivity index (χ2v) is 12.6. The molecule has 2 heterocycles. The Hall–Kier alpha value is -4.17. The lowest BCUT2D eigenvalue weighted by molar-refractivity contribution is 0.0943. The lowest BCUT2D eigenvalue weighted by Gasteiger charge is -2.20. The quantitative estimate of drug-likeness (QED) is 0.302. The summed E-state index contributed by atoms with van der Waals surface area (Å²) in [5, 5.41) is 16.1. The maximum absolute atomic E-state index is 13.1. The van der Waals surface area contributed by atoms with Gasteiger partial charge in [0.1, 0.15) is 30.6 Å². The molecule has 0 radical (unpaired) electrons. The van der Waals surface area contributed by atoms with Crippen LogP contribution in [0.2, 0.25) is 0 Å². The predicted molar refractivity (Wildman–Crippen MR) is 147 cm³/mol. The number of carbonyl (C=O) groups excluding carboxylic acids is 2. The molecule has 4 aromatic rings. The molecule has 2 aromatic carbocycles. The highest BCUT2D eigenvalue weighted by Gasteiger charge is 2.25. The first-order valence-electron chi connectivity index (χ1n) is 11.9. The summed E-state index contributed by atoms with van der Waals surface area (Å²) in [6.45, 7) is 5.18. The Bertz CT molecular complexity index is 1570. The van der Waals surface area contributed by atoms with Crippen molar-refractivity contribution in [1.29, 1.82) is 0 Å². The van der Waals surface area contributed by atoms with E-state index in [1.165, 1.54) is 19.3 Å². The summed E-state index contributed by atoms with van der Waals surface area (Å²) in [4.78, 5) is 35.4. The smallest absolute Gasteiger partial charge is 0.415 e. The molecule has 2 aromatic heterocycles. The zero-order valence-corrected chi connectivity index (χ0v) is 22.5. The van der Waals surface area contributed by atoms with Gasteiger partial charge in [-0.25, -0.2) is 14.8 Å². The van der Waals surface area contributed by atoms with Crippen LogP contribution in [0.15, 0.2) is 54.7 Å². The van der Waals surface area contributed by atoms with Crippen molar-refractivity contribution >= 4 is 46.6 Å². The van der Waals surface area contributed by atoms with E-state index in [-0.39, 0.29) is 47.7 Å². The van der Waals surface area contributed by atoms with Gasteiger partial charge in [0.2, 0.25) is 0 Å². The van der Waals surface area contributed by atoms with Gasteiger partial charge in [-0.15, -0.1) is 0 Å². The van der Waals surface area contributed by atoms with Crippen molar-refractivity contribution in [2.75, 3.05) is 38.2 Å². The maximum atomic E-state index is 13.1. The first kappa shape index (κ1) is 26.9. The van der Waals surface area contributed by atoms with E-state index >= 15 is 0 Å². The Labute approximate surface area is 220 Å². The molecular weight excluding hydrogens is 507 g/mol. The number of pyridine rings is 2. The van der Waals surface area contributed by atoms with Gasteiger partial charge >= 0.3 is 6.09 Å². The van der Waals surface area contributed by atoms with Crippen molar-refractivity contribution in [2.45, 2.75) is 13.5 Å². The Morgan fingerprint density at radius 1 is 1.11 bits per heavy atom. The van der Waals surface area contributed by atoms with Crippen molar-refractivity contribution in [2.24, 2.45) is 0 Å². The molecule has 0 aliphatic rings. The average Bonchev–Trinajstić information content (AvgIpc) is 2.90. The fourth-order valence-corrected chi connectivity index (χ4v) is 4.24. The third-order valence-corrected chi connectivity index (χ3v) is 6.40. The molecular formula is C27H29N4O6P. The molecule has 198 valence electrons. The van der Waals surface area contributed by atoms with Crippen LogP contribution in [0, 0.1) is 0 Å². The van der Waals surface area contributed by atoms with Crippen LogP contribution in [0.4, 0.5) is 10.6 Å². The second-order valence-electron chi connectivity index (χ2n) is 9.17. The van der Waals surface area contributed by atoms with E-state index in [0.717, 1.165) is 21.2 Å². The van der Waals surface area contributed by atoms with Gasteiger partial charge in [0.15, 0.2) is 11.4 Å². The first-order valence-corrected chi connectivity index (χ1v) is 14.7. The van der Waals surface area contributed by atoms with Gasteiger partial charge in [-0.3, -0.25) is 9.69 Å². The van der Waals surface area contributed by atoms with E-state index in [2.05, 4.69) is 15.3 Å². The normalized spacial score (nSPS) is 11.4. The van der Waals surface area contributed by atoms with Crippen molar-refractivity contribution < 1.29 is 28.7 Å². The predicted octanol–water partition coefficient (Wildman–Crippen LogP) is 4.97. The molecule has 2 N–H and O–H groups in total. The number of benzene rings is 2. The monoisotopic (exact) mass is 536 g/mol. The van der Waals surface area contributed by atoms with Gasteiger partial charge in [-0.05, 0) is 48.7 Å². The number of anilines is 1. The third kappa shape index (κ3) is 6.03.